The summed E-state index contributed by atoms with van der Waals surface area (Å²) in [5.41, 5.74) is 1.78. The highest BCUT2D eigenvalue weighted by Gasteiger charge is 2.14. The van der Waals surface area contributed by atoms with Crippen molar-refractivity contribution in [1.82, 2.24) is 9.78 Å². The molecule has 0 fully saturated rings. The summed E-state index contributed by atoms with van der Waals surface area (Å²) < 4.78 is 7.61. The van der Waals surface area contributed by atoms with Crippen LogP contribution in [-0.2, 0) is 12.4 Å². The van der Waals surface area contributed by atoms with Crippen molar-refractivity contribution in [2.24, 2.45) is 7.05 Å². The molecule has 96 valence electrons. The van der Waals surface area contributed by atoms with Crippen molar-refractivity contribution < 1.29 is 4.74 Å². The van der Waals surface area contributed by atoms with Crippen LogP contribution >= 0.6 is 39.1 Å². The number of alkyl halides is 1. The Morgan fingerprint density at radius 3 is 2.44 bits per heavy atom. The number of ether oxygens (including phenoxy) is 1. The second-order valence-corrected chi connectivity index (χ2v) is 5.26. The van der Waals surface area contributed by atoms with E-state index >= 15 is 0 Å². The predicted molar refractivity (Wildman–Crippen MR) is 77.1 cm³/mol. The van der Waals surface area contributed by atoms with Gasteiger partial charge in [0.25, 0.3) is 0 Å². The van der Waals surface area contributed by atoms with Crippen LogP contribution in [-0.4, -0.2) is 9.78 Å². The van der Waals surface area contributed by atoms with Crippen LogP contribution in [0.5, 0.6) is 11.5 Å². The van der Waals surface area contributed by atoms with Crippen LogP contribution in [0, 0.1) is 6.92 Å². The Morgan fingerprint density at radius 2 is 1.89 bits per heavy atom. The van der Waals surface area contributed by atoms with E-state index in [1.165, 1.54) is 0 Å². The Balaban J connectivity index is 2.39. The summed E-state index contributed by atoms with van der Waals surface area (Å²) in [4.78, 5) is 0. The molecule has 0 aliphatic heterocycles. The van der Waals surface area contributed by atoms with E-state index in [-0.39, 0.29) is 0 Å². The monoisotopic (exact) mass is 348 g/mol. The smallest absolute Gasteiger partial charge is 0.172 e. The highest BCUT2D eigenvalue weighted by atomic mass is 79.9. The average molecular weight is 350 g/mol. The standard InChI is InChI=1S/C12H11BrCl2N2O/c1-7-12(11(6-13)17(2)16-7)18-10-4-8(14)3-9(15)5-10/h3-5H,6H2,1-2H3. The van der Waals surface area contributed by atoms with Crippen molar-refractivity contribution in [3.8, 4) is 11.5 Å². The van der Waals surface area contributed by atoms with Crippen LogP contribution in [0.25, 0.3) is 0 Å². The van der Waals surface area contributed by atoms with E-state index in [0.717, 1.165) is 17.1 Å². The molecule has 18 heavy (non-hydrogen) atoms. The first-order valence-corrected chi connectivity index (χ1v) is 7.11. The van der Waals surface area contributed by atoms with E-state index in [2.05, 4.69) is 21.0 Å². The van der Waals surface area contributed by atoms with Crippen LogP contribution in [0.3, 0.4) is 0 Å². The summed E-state index contributed by atoms with van der Waals surface area (Å²) in [6.07, 6.45) is 0. The van der Waals surface area contributed by atoms with Gasteiger partial charge in [-0.3, -0.25) is 4.68 Å². The quantitative estimate of drug-likeness (QED) is 0.749. The molecule has 0 aliphatic carbocycles. The van der Waals surface area contributed by atoms with E-state index < -0.39 is 0 Å². The zero-order valence-electron chi connectivity index (χ0n) is 9.88. The van der Waals surface area contributed by atoms with Gasteiger partial charge in [0.1, 0.15) is 11.4 Å². The molecule has 6 heteroatoms. The van der Waals surface area contributed by atoms with Gasteiger partial charge in [-0.25, -0.2) is 0 Å². The second kappa shape index (κ2) is 5.51. The molecule has 1 aromatic carbocycles. The molecule has 0 N–H and O–H groups in total. The van der Waals surface area contributed by atoms with Crippen molar-refractivity contribution in [3.05, 3.63) is 39.6 Å². The maximum absolute atomic E-state index is 5.94. The summed E-state index contributed by atoms with van der Waals surface area (Å²) in [5.74, 6) is 1.33. The maximum Gasteiger partial charge on any atom is 0.172 e. The fourth-order valence-electron chi connectivity index (χ4n) is 1.67. The highest BCUT2D eigenvalue weighted by molar-refractivity contribution is 9.08. The molecule has 0 aliphatic rings. The third-order valence-corrected chi connectivity index (χ3v) is 3.43. The third kappa shape index (κ3) is 2.82. The van der Waals surface area contributed by atoms with Crippen molar-refractivity contribution in [2.75, 3.05) is 0 Å². The van der Waals surface area contributed by atoms with Gasteiger partial charge in [0, 0.05) is 22.4 Å². The van der Waals surface area contributed by atoms with Gasteiger partial charge in [0.2, 0.25) is 0 Å². The largest absolute Gasteiger partial charge is 0.453 e. The van der Waals surface area contributed by atoms with Gasteiger partial charge < -0.3 is 4.74 Å². The van der Waals surface area contributed by atoms with E-state index in [9.17, 15) is 0 Å². The van der Waals surface area contributed by atoms with Crippen molar-refractivity contribution in [1.29, 1.82) is 0 Å². The van der Waals surface area contributed by atoms with E-state index in [0.29, 0.717) is 21.1 Å². The molecule has 3 nitrogen and oxygen atoms in total. The summed E-state index contributed by atoms with van der Waals surface area (Å²) >= 11 is 15.3. The number of aryl methyl sites for hydroxylation is 2. The molecule has 0 bridgehead atoms. The first-order valence-electron chi connectivity index (χ1n) is 5.23. The number of rotatable bonds is 3. The number of hydrogen-bond donors (Lipinski definition) is 0. The molecule has 2 rings (SSSR count). The van der Waals surface area contributed by atoms with Gasteiger partial charge in [0.15, 0.2) is 5.75 Å². The molecule has 0 atom stereocenters. The fraction of sp³-hybridized carbons (Fsp3) is 0.250. The molecule has 0 radical (unpaired) electrons. The zero-order chi connectivity index (χ0) is 13.3. The van der Waals surface area contributed by atoms with Gasteiger partial charge in [-0.05, 0) is 25.1 Å². The van der Waals surface area contributed by atoms with Crippen molar-refractivity contribution in [3.63, 3.8) is 0 Å². The molecule has 0 saturated heterocycles. The van der Waals surface area contributed by atoms with Gasteiger partial charge >= 0.3 is 0 Å². The first-order chi connectivity index (χ1) is 8.51. The Bertz CT molecular complexity index is 563. The summed E-state index contributed by atoms with van der Waals surface area (Å²) in [5, 5.41) is 6.06. The van der Waals surface area contributed by atoms with E-state index in [1.807, 2.05) is 14.0 Å². The van der Waals surface area contributed by atoms with E-state index in [1.54, 1.807) is 22.9 Å². The summed E-state index contributed by atoms with van der Waals surface area (Å²) in [6.45, 7) is 1.90. The minimum atomic E-state index is 0.541. The fourth-order valence-corrected chi connectivity index (χ4v) is 2.80. The van der Waals surface area contributed by atoms with Crippen LogP contribution < -0.4 is 4.74 Å². The van der Waals surface area contributed by atoms with Gasteiger partial charge in [-0.15, -0.1) is 0 Å². The van der Waals surface area contributed by atoms with Crippen LogP contribution in [0.2, 0.25) is 10.0 Å². The topological polar surface area (TPSA) is 27.1 Å². The lowest BCUT2D eigenvalue weighted by Gasteiger charge is -2.07. The maximum atomic E-state index is 5.94. The number of halogens is 3. The molecular weight excluding hydrogens is 339 g/mol. The zero-order valence-corrected chi connectivity index (χ0v) is 13.0. The molecule has 1 aromatic heterocycles. The highest BCUT2D eigenvalue weighted by Crippen LogP contribution is 2.32. The van der Waals surface area contributed by atoms with Crippen LogP contribution in [0.15, 0.2) is 18.2 Å². The van der Waals surface area contributed by atoms with Gasteiger partial charge in [-0.2, -0.15) is 5.10 Å². The molecule has 0 saturated carbocycles. The molecule has 2 aromatic rings. The number of nitrogens with zero attached hydrogens (tertiary/aromatic N) is 2. The SMILES string of the molecule is Cc1nn(C)c(CBr)c1Oc1cc(Cl)cc(Cl)c1. The lowest BCUT2D eigenvalue weighted by Crippen LogP contribution is -1.96. The second-order valence-electron chi connectivity index (χ2n) is 3.83. The van der Waals surface area contributed by atoms with Crippen molar-refractivity contribution >= 4 is 39.1 Å². The van der Waals surface area contributed by atoms with Crippen molar-refractivity contribution in [2.45, 2.75) is 12.3 Å². The van der Waals surface area contributed by atoms with Crippen LogP contribution in [0.1, 0.15) is 11.4 Å². The molecule has 0 spiro atoms. The minimum absolute atomic E-state index is 0.541. The van der Waals surface area contributed by atoms with Crippen LogP contribution in [0.4, 0.5) is 0 Å². The van der Waals surface area contributed by atoms with Gasteiger partial charge in [-0.1, -0.05) is 39.1 Å². The van der Waals surface area contributed by atoms with E-state index in [4.69, 9.17) is 27.9 Å². The predicted octanol–water partition coefficient (Wildman–Crippen LogP) is 4.72. The Hall–Kier alpha value is -0.710. The molecule has 0 amide bonds. The summed E-state index contributed by atoms with van der Waals surface area (Å²) in [6, 6.07) is 5.10. The minimum Gasteiger partial charge on any atom is -0.453 e. The normalized spacial score (nSPS) is 10.7. The Morgan fingerprint density at radius 1 is 1.28 bits per heavy atom. The number of benzene rings is 1. The Kier molecular flexibility index (Phi) is 4.20. The average Bonchev–Trinajstić information content (AvgIpc) is 2.52. The molecule has 0 unspecified atom stereocenters. The summed E-state index contributed by atoms with van der Waals surface area (Å²) in [7, 11) is 1.88. The lowest BCUT2D eigenvalue weighted by atomic mass is 10.3. The third-order valence-electron chi connectivity index (χ3n) is 2.46. The Labute approximate surface area is 124 Å². The molecular formula is C12H11BrCl2N2O. The first kappa shape index (κ1) is 13.7. The number of hydrogen-bond acceptors (Lipinski definition) is 2. The van der Waals surface area contributed by atoms with Gasteiger partial charge in [0.05, 0.1) is 5.69 Å². The lowest BCUT2D eigenvalue weighted by molar-refractivity contribution is 0.474. The molecule has 1 heterocycles. The number of aromatic nitrogens is 2.